The zero-order valence-corrected chi connectivity index (χ0v) is 21.2. The Morgan fingerprint density at radius 3 is 2.24 bits per heavy atom. The van der Waals surface area contributed by atoms with Crippen molar-refractivity contribution in [3.63, 3.8) is 0 Å². The normalized spacial score (nSPS) is 20.5. The highest BCUT2D eigenvalue weighted by Gasteiger charge is 2.52. The summed E-state index contributed by atoms with van der Waals surface area (Å²) in [5.74, 6) is -1.02. The minimum absolute atomic E-state index is 0.00584. The molecule has 2 aromatic rings. The van der Waals surface area contributed by atoms with Gasteiger partial charge in [-0.1, -0.05) is 18.2 Å². The number of benzene rings is 2. The van der Waals surface area contributed by atoms with Gasteiger partial charge < -0.3 is 20.1 Å². The van der Waals surface area contributed by atoms with E-state index in [2.05, 4.69) is 5.32 Å². The van der Waals surface area contributed by atoms with Crippen LogP contribution in [0.4, 0.5) is 18.9 Å². The van der Waals surface area contributed by atoms with E-state index in [1.54, 1.807) is 0 Å². The van der Waals surface area contributed by atoms with E-state index in [4.69, 9.17) is 4.74 Å². The molecule has 1 aliphatic carbocycles. The molecule has 0 aromatic heterocycles. The van der Waals surface area contributed by atoms with Gasteiger partial charge in [0.25, 0.3) is 11.8 Å². The van der Waals surface area contributed by atoms with Crippen LogP contribution in [0.3, 0.4) is 0 Å². The summed E-state index contributed by atoms with van der Waals surface area (Å²) in [5, 5.41) is 12.5. The Morgan fingerprint density at radius 2 is 1.76 bits per heavy atom. The standard InChI is InChI=1S/C25H27F3N2O6S/c1-23(33,25(26,27)28)16-5-7-17(8-6-16)29-21(31)20-19-10-9-18(37(3,34)35)13-15(19)14-30(20)22(32)24(36-2)11-4-12-24/h5-10,13,20,33H,4,11-12,14H2,1-3H3,(H,29,31). The molecule has 2 amide bonds. The van der Waals surface area contributed by atoms with Crippen LogP contribution >= 0.6 is 0 Å². The number of nitrogens with zero attached hydrogens (tertiary/aromatic N) is 1. The number of ether oxygens (including phenoxy) is 1. The van der Waals surface area contributed by atoms with Crippen molar-refractivity contribution in [3.8, 4) is 0 Å². The van der Waals surface area contributed by atoms with E-state index in [9.17, 15) is 36.3 Å². The number of rotatable bonds is 6. The number of fused-ring (bicyclic) bond motifs is 1. The van der Waals surface area contributed by atoms with Gasteiger partial charge in [-0.2, -0.15) is 13.2 Å². The molecule has 8 nitrogen and oxygen atoms in total. The summed E-state index contributed by atoms with van der Waals surface area (Å²) in [7, 11) is -2.11. The summed E-state index contributed by atoms with van der Waals surface area (Å²) < 4.78 is 69.1. The largest absolute Gasteiger partial charge is 0.421 e. The van der Waals surface area contributed by atoms with E-state index < -0.39 is 50.6 Å². The number of carbonyl (C=O) groups excluding carboxylic acids is 2. The van der Waals surface area contributed by atoms with Crippen LogP contribution in [0, 0.1) is 0 Å². The van der Waals surface area contributed by atoms with Crippen molar-refractivity contribution >= 4 is 27.3 Å². The predicted octanol–water partition coefficient (Wildman–Crippen LogP) is 3.45. The Labute approximate surface area is 212 Å². The van der Waals surface area contributed by atoms with Crippen LogP contribution in [0.1, 0.15) is 48.9 Å². The van der Waals surface area contributed by atoms with Crippen molar-refractivity contribution in [2.45, 2.75) is 61.0 Å². The monoisotopic (exact) mass is 540 g/mol. The van der Waals surface area contributed by atoms with Crippen molar-refractivity contribution < 1.29 is 41.0 Å². The SMILES string of the molecule is COC1(C(=O)N2Cc3cc(S(C)(=O)=O)ccc3C2C(=O)Nc2ccc(C(C)(O)C(F)(F)F)cc2)CCC1. The number of carbonyl (C=O) groups is 2. The molecule has 200 valence electrons. The number of halogens is 3. The molecule has 0 bridgehead atoms. The van der Waals surface area contributed by atoms with Crippen LogP contribution in [-0.4, -0.2) is 55.4 Å². The van der Waals surface area contributed by atoms with Crippen molar-refractivity contribution in [2.24, 2.45) is 0 Å². The van der Waals surface area contributed by atoms with Gasteiger partial charge in [-0.25, -0.2) is 8.42 Å². The van der Waals surface area contributed by atoms with E-state index >= 15 is 0 Å². The summed E-state index contributed by atoms with van der Waals surface area (Å²) >= 11 is 0. The fourth-order valence-electron chi connectivity index (χ4n) is 4.65. The van der Waals surface area contributed by atoms with E-state index in [0.717, 1.165) is 24.8 Å². The molecule has 2 aromatic carbocycles. The number of alkyl halides is 3. The van der Waals surface area contributed by atoms with Crippen LogP contribution in [-0.2, 0) is 36.3 Å². The fraction of sp³-hybridized carbons (Fsp3) is 0.440. The third-order valence-corrected chi connectivity index (χ3v) is 8.32. The summed E-state index contributed by atoms with van der Waals surface area (Å²) in [6.45, 7) is 0.629. The lowest BCUT2D eigenvalue weighted by Crippen LogP contribution is -2.55. The third-order valence-electron chi connectivity index (χ3n) is 7.21. The first-order valence-electron chi connectivity index (χ1n) is 11.5. The summed E-state index contributed by atoms with van der Waals surface area (Å²) in [5.41, 5.74) is -3.44. The average Bonchev–Trinajstić information content (AvgIpc) is 3.16. The number of methoxy groups -OCH3 is 1. The van der Waals surface area contributed by atoms with Crippen molar-refractivity contribution in [1.29, 1.82) is 0 Å². The first kappa shape index (κ1) is 27.1. The summed E-state index contributed by atoms with van der Waals surface area (Å²) in [4.78, 5) is 28.4. The first-order chi connectivity index (χ1) is 17.1. The molecule has 1 heterocycles. The minimum atomic E-state index is -4.89. The second kappa shape index (κ2) is 9.10. The fourth-order valence-corrected chi connectivity index (χ4v) is 5.32. The summed E-state index contributed by atoms with van der Waals surface area (Å²) in [6.07, 6.45) is -2.08. The van der Waals surface area contributed by atoms with Crippen LogP contribution in [0.15, 0.2) is 47.4 Å². The van der Waals surface area contributed by atoms with Crippen molar-refractivity contribution in [2.75, 3.05) is 18.7 Å². The highest BCUT2D eigenvalue weighted by Crippen LogP contribution is 2.43. The van der Waals surface area contributed by atoms with Gasteiger partial charge in [0.15, 0.2) is 15.4 Å². The maximum Gasteiger partial charge on any atom is 0.421 e. The Kier molecular flexibility index (Phi) is 6.66. The highest BCUT2D eigenvalue weighted by atomic mass is 32.2. The molecule has 2 N–H and O–H groups in total. The minimum Gasteiger partial charge on any atom is -0.376 e. The van der Waals surface area contributed by atoms with Gasteiger partial charge in [0, 0.05) is 25.6 Å². The number of nitrogens with one attached hydrogen (secondary N) is 1. The van der Waals surface area contributed by atoms with Crippen LogP contribution in [0.2, 0.25) is 0 Å². The average molecular weight is 541 g/mol. The number of anilines is 1. The molecule has 0 saturated heterocycles. The Hall–Kier alpha value is -2.96. The van der Waals surface area contributed by atoms with Gasteiger partial charge in [0.05, 0.1) is 4.90 Å². The van der Waals surface area contributed by atoms with Gasteiger partial charge in [-0.15, -0.1) is 0 Å². The lowest BCUT2D eigenvalue weighted by molar-refractivity contribution is -0.258. The molecule has 12 heteroatoms. The van der Waals surface area contributed by atoms with E-state index in [1.165, 1.54) is 42.3 Å². The Balaban J connectivity index is 1.66. The maximum atomic E-state index is 13.5. The van der Waals surface area contributed by atoms with Gasteiger partial charge >= 0.3 is 6.18 Å². The predicted molar refractivity (Wildman–Crippen MR) is 127 cm³/mol. The van der Waals surface area contributed by atoms with Gasteiger partial charge in [-0.3, -0.25) is 9.59 Å². The Morgan fingerprint density at radius 1 is 1.14 bits per heavy atom. The van der Waals surface area contributed by atoms with Crippen LogP contribution in [0.25, 0.3) is 0 Å². The molecule has 2 atom stereocenters. The molecular formula is C25H27F3N2O6S. The zero-order valence-electron chi connectivity index (χ0n) is 20.4. The van der Waals surface area contributed by atoms with Gasteiger partial charge in [0.1, 0.15) is 11.6 Å². The molecular weight excluding hydrogens is 513 g/mol. The number of hydrogen-bond acceptors (Lipinski definition) is 6. The lowest BCUT2D eigenvalue weighted by Gasteiger charge is -2.42. The molecule has 0 radical (unpaired) electrons. The number of aliphatic hydroxyl groups is 1. The quantitative estimate of drug-likeness (QED) is 0.581. The summed E-state index contributed by atoms with van der Waals surface area (Å²) in [6, 6.07) is 7.76. The van der Waals surface area contributed by atoms with Gasteiger partial charge in [0.2, 0.25) is 0 Å². The molecule has 2 aliphatic rings. The Bertz CT molecular complexity index is 1330. The molecule has 1 saturated carbocycles. The number of amides is 2. The zero-order chi connectivity index (χ0) is 27.4. The van der Waals surface area contributed by atoms with Crippen LogP contribution in [0.5, 0.6) is 0 Å². The lowest BCUT2D eigenvalue weighted by atomic mass is 9.78. The smallest absolute Gasteiger partial charge is 0.376 e. The van der Waals surface area contributed by atoms with E-state index in [0.29, 0.717) is 30.9 Å². The van der Waals surface area contributed by atoms with Gasteiger partial charge in [-0.05, 0) is 67.1 Å². The molecule has 4 rings (SSSR count). The van der Waals surface area contributed by atoms with E-state index in [-0.39, 0.29) is 17.1 Å². The molecule has 37 heavy (non-hydrogen) atoms. The third kappa shape index (κ3) is 4.73. The molecule has 1 aliphatic heterocycles. The molecule has 1 fully saturated rings. The van der Waals surface area contributed by atoms with Crippen LogP contribution < -0.4 is 5.32 Å². The molecule has 2 unspecified atom stereocenters. The second-order valence-electron chi connectivity index (χ2n) is 9.66. The number of sulfone groups is 1. The van der Waals surface area contributed by atoms with E-state index in [1.807, 2.05) is 0 Å². The highest BCUT2D eigenvalue weighted by molar-refractivity contribution is 7.90. The maximum absolute atomic E-state index is 13.5. The topological polar surface area (TPSA) is 113 Å². The molecule has 0 spiro atoms. The number of hydrogen-bond donors (Lipinski definition) is 2. The van der Waals surface area contributed by atoms with Crippen molar-refractivity contribution in [1.82, 2.24) is 4.90 Å². The second-order valence-corrected chi connectivity index (χ2v) is 11.7. The van der Waals surface area contributed by atoms with Crippen molar-refractivity contribution in [3.05, 3.63) is 59.2 Å². The first-order valence-corrected chi connectivity index (χ1v) is 13.4.